The number of ether oxygens (including phenoxy) is 2. The zero-order valence-corrected chi connectivity index (χ0v) is 24.5. The Bertz CT molecular complexity index is 1780. The number of carbonyl (C=O) groups excluding carboxylic acids is 3. The monoisotopic (exact) mass is 619 g/mol. The molecule has 2 aliphatic heterocycles. The number of fused-ring (bicyclic) bond motifs is 5. The van der Waals surface area contributed by atoms with Gasteiger partial charge in [0.15, 0.2) is 17.3 Å². The summed E-state index contributed by atoms with van der Waals surface area (Å²) in [7, 11) is 3.11. The highest BCUT2D eigenvalue weighted by Gasteiger charge is 2.72. The van der Waals surface area contributed by atoms with Crippen LogP contribution in [0.3, 0.4) is 0 Å². The van der Waals surface area contributed by atoms with E-state index < -0.39 is 23.4 Å². The zero-order valence-electron chi connectivity index (χ0n) is 22.9. The molecule has 0 amide bonds. The molecule has 0 unspecified atom stereocenters. The molecule has 0 saturated carbocycles. The Morgan fingerprint density at radius 2 is 1.52 bits per heavy atom. The van der Waals surface area contributed by atoms with Crippen LogP contribution in [0.15, 0.2) is 102 Å². The predicted molar refractivity (Wildman–Crippen MR) is 164 cm³/mol. The molecule has 0 aromatic heterocycles. The van der Waals surface area contributed by atoms with Crippen LogP contribution in [0.1, 0.15) is 48.1 Å². The molecule has 208 valence electrons. The first kappa shape index (κ1) is 26.4. The Morgan fingerprint density at radius 3 is 2.19 bits per heavy atom. The van der Waals surface area contributed by atoms with E-state index >= 15 is 0 Å². The molecule has 7 rings (SSSR count). The fourth-order valence-electron chi connectivity index (χ4n) is 7.14. The summed E-state index contributed by atoms with van der Waals surface area (Å²) in [5, 5.41) is 0. The standard InChI is InChI=1S/C35H26BrNO5/c1-41-23-14-15-26(28(19-23)42-2)30-31(32(38)20-8-4-3-5-9-20)37-27-16-13-22(36)18-21(27)12-17-29(37)35(30)33(39)24-10-6-7-11-25(24)34(35)40/h3-19,29-31H,1-2H3/t29-,30-,31+/m1/s1. The van der Waals surface area contributed by atoms with E-state index in [1.165, 1.54) is 0 Å². The maximum Gasteiger partial charge on any atom is 0.185 e. The van der Waals surface area contributed by atoms with Gasteiger partial charge in [-0.05, 0) is 29.8 Å². The van der Waals surface area contributed by atoms with E-state index in [2.05, 4.69) is 15.9 Å². The molecule has 7 heteroatoms. The second kappa shape index (κ2) is 9.81. The van der Waals surface area contributed by atoms with Gasteiger partial charge in [0.1, 0.15) is 23.0 Å². The fourth-order valence-corrected chi connectivity index (χ4v) is 7.52. The van der Waals surface area contributed by atoms with Gasteiger partial charge in [-0.3, -0.25) is 14.4 Å². The summed E-state index contributed by atoms with van der Waals surface area (Å²) in [6.45, 7) is 0. The molecule has 1 spiro atoms. The maximum atomic E-state index is 14.8. The number of carbonyl (C=O) groups is 3. The first-order valence-electron chi connectivity index (χ1n) is 13.7. The summed E-state index contributed by atoms with van der Waals surface area (Å²) < 4.78 is 12.2. The van der Waals surface area contributed by atoms with Crippen molar-refractivity contribution >= 4 is 45.0 Å². The Balaban J connectivity index is 1.57. The van der Waals surface area contributed by atoms with Crippen LogP contribution in [0, 0.1) is 5.41 Å². The van der Waals surface area contributed by atoms with Gasteiger partial charge in [-0.25, -0.2) is 0 Å². The van der Waals surface area contributed by atoms with Gasteiger partial charge in [0.05, 0.1) is 20.3 Å². The molecule has 6 nitrogen and oxygen atoms in total. The lowest BCUT2D eigenvalue weighted by Crippen LogP contribution is -2.48. The lowest BCUT2D eigenvalue weighted by molar-refractivity contribution is 0.0665. The third-order valence-corrected chi connectivity index (χ3v) is 9.36. The van der Waals surface area contributed by atoms with Crippen molar-refractivity contribution in [2.75, 3.05) is 19.1 Å². The number of methoxy groups -OCH3 is 2. The second-order valence-corrected chi connectivity index (χ2v) is 11.7. The van der Waals surface area contributed by atoms with Crippen LogP contribution < -0.4 is 14.4 Å². The SMILES string of the molecule is COc1ccc([C@@H]2[C@@H](C(=O)c3ccccc3)N3c4ccc(Br)cc4C=C[C@@H]3C23C(=O)c2ccccc2C3=O)c(OC)c1. The Morgan fingerprint density at radius 1 is 0.833 bits per heavy atom. The average molecular weight is 620 g/mol. The normalized spacial score (nSPS) is 21.2. The first-order chi connectivity index (χ1) is 20.4. The molecular formula is C35H26BrNO5. The molecular weight excluding hydrogens is 594 g/mol. The number of rotatable bonds is 5. The number of nitrogens with zero attached hydrogens (tertiary/aromatic N) is 1. The molecule has 0 N–H and O–H groups in total. The van der Waals surface area contributed by atoms with Crippen molar-refractivity contribution in [3.05, 3.63) is 129 Å². The average Bonchev–Trinajstić information content (AvgIpc) is 3.46. The number of benzene rings is 4. The Hall–Kier alpha value is -4.49. The smallest absolute Gasteiger partial charge is 0.185 e. The van der Waals surface area contributed by atoms with Crippen molar-refractivity contribution in [3.8, 4) is 11.5 Å². The van der Waals surface area contributed by atoms with Crippen LogP contribution in [-0.2, 0) is 0 Å². The second-order valence-electron chi connectivity index (χ2n) is 10.7. The summed E-state index contributed by atoms with van der Waals surface area (Å²) >= 11 is 3.57. The topological polar surface area (TPSA) is 72.9 Å². The van der Waals surface area contributed by atoms with Crippen molar-refractivity contribution in [1.82, 2.24) is 0 Å². The van der Waals surface area contributed by atoms with Gasteiger partial charge in [-0.1, -0.05) is 88.7 Å². The fraction of sp³-hybridized carbons (Fsp3) is 0.171. The molecule has 1 saturated heterocycles. The van der Waals surface area contributed by atoms with E-state index in [4.69, 9.17) is 9.47 Å². The largest absolute Gasteiger partial charge is 0.497 e. The number of anilines is 1. The number of halogens is 1. The third kappa shape index (κ3) is 3.53. The molecule has 42 heavy (non-hydrogen) atoms. The highest BCUT2D eigenvalue weighted by molar-refractivity contribution is 9.10. The molecule has 0 radical (unpaired) electrons. The number of hydrogen-bond donors (Lipinski definition) is 0. The molecule has 1 aliphatic carbocycles. The Kier molecular flexibility index (Phi) is 6.17. The number of ketones is 3. The van der Waals surface area contributed by atoms with Gasteiger partial charge < -0.3 is 14.4 Å². The Labute approximate surface area is 251 Å². The summed E-state index contributed by atoms with van der Waals surface area (Å²) in [6.07, 6.45) is 3.86. The van der Waals surface area contributed by atoms with Crippen molar-refractivity contribution in [3.63, 3.8) is 0 Å². The summed E-state index contributed by atoms with van der Waals surface area (Å²) in [4.78, 5) is 46.3. The molecule has 3 aliphatic rings. The van der Waals surface area contributed by atoms with E-state index in [9.17, 15) is 14.4 Å². The minimum atomic E-state index is -1.61. The summed E-state index contributed by atoms with van der Waals surface area (Å²) in [5.74, 6) is -0.609. The molecule has 0 bridgehead atoms. The van der Waals surface area contributed by atoms with E-state index in [1.807, 2.05) is 59.5 Å². The molecule has 4 aromatic carbocycles. The highest BCUT2D eigenvalue weighted by atomic mass is 79.9. The van der Waals surface area contributed by atoms with Gasteiger partial charge in [-0.2, -0.15) is 0 Å². The van der Waals surface area contributed by atoms with Crippen molar-refractivity contribution in [1.29, 1.82) is 0 Å². The summed E-state index contributed by atoms with van der Waals surface area (Å²) in [5.41, 5.74) is 1.92. The van der Waals surface area contributed by atoms with Crippen LogP contribution in [0.4, 0.5) is 5.69 Å². The van der Waals surface area contributed by atoms with E-state index in [0.29, 0.717) is 33.8 Å². The minimum Gasteiger partial charge on any atom is -0.497 e. The minimum absolute atomic E-state index is 0.180. The molecule has 3 atom stereocenters. The third-order valence-electron chi connectivity index (χ3n) is 8.87. The van der Waals surface area contributed by atoms with Gasteiger partial charge >= 0.3 is 0 Å². The van der Waals surface area contributed by atoms with Crippen molar-refractivity contribution in [2.24, 2.45) is 5.41 Å². The molecule has 2 heterocycles. The van der Waals surface area contributed by atoms with Gasteiger partial charge in [0.2, 0.25) is 0 Å². The zero-order chi connectivity index (χ0) is 29.2. The maximum absolute atomic E-state index is 14.8. The molecule has 1 fully saturated rings. The van der Waals surface area contributed by atoms with Gasteiger partial charge in [0, 0.05) is 44.4 Å². The quantitative estimate of drug-likeness (QED) is 0.181. The molecule has 4 aromatic rings. The number of Topliss-reactive ketones (excluding diaryl/α,β-unsaturated/α-hetero) is 3. The number of hydrogen-bond acceptors (Lipinski definition) is 6. The van der Waals surface area contributed by atoms with Crippen LogP contribution in [0.25, 0.3) is 6.08 Å². The van der Waals surface area contributed by atoms with Crippen LogP contribution in [-0.4, -0.2) is 43.7 Å². The first-order valence-corrected chi connectivity index (χ1v) is 14.5. The van der Waals surface area contributed by atoms with E-state index in [-0.39, 0.29) is 17.3 Å². The lowest BCUT2D eigenvalue weighted by Gasteiger charge is -2.37. The van der Waals surface area contributed by atoms with E-state index in [0.717, 1.165) is 15.7 Å². The van der Waals surface area contributed by atoms with Crippen molar-refractivity contribution < 1.29 is 23.9 Å². The van der Waals surface area contributed by atoms with Crippen LogP contribution in [0.2, 0.25) is 0 Å². The van der Waals surface area contributed by atoms with Gasteiger partial charge in [0.25, 0.3) is 0 Å². The van der Waals surface area contributed by atoms with E-state index in [1.54, 1.807) is 62.8 Å². The lowest BCUT2D eigenvalue weighted by atomic mass is 9.64. The highest BCUT2D eigenvalue weighted by Crippen LogP contribution is 2.62. The van der Waals surface area contributed by atoms with Crippen LogP contribution in [0.5, 0.6) is 11.5 Å². The van der Waals surface area contributed by atoms with Crippen LogP contribution >= 0.6 is 15.9 Å². The summed E-state index contributed by atoms with van der Waals surface area (Å²) in [6, 6.07) is 25.6. The predicted octanol–water partition coefficient (Wildman–Crippen LogP) is 6.78. The van der Waals surface area contributed by atoms with Gasteiger partial charge in [-0.15, -0.1) is 0 Å². The van der Waals surface area contributed by atoms with Crippen molar-refractivity contribution in [2.45, 2.75) is 18.0 Å².